The number of hydrogen-bond acceptors (Lipinski definition) is 4. The lowest BCUT2D eigenvalue weighted by atomic mass is 10.1. The highest BCUT2D eigenvalue weighted by molar-refractivity contribution is 5.80. The largest absolute Gasteiger partial charge is 0.480 e. The number of aliphatic carboxylic acids is 1. The van der Waals surface area contributed by atoms with Gasteiger partial charge < -0.3 is 14.6 Å². The summed E-state index contributed by atoms with van der Waals surface area (Å²) < 4.78 is 10.3. The average Bonchev–Trinajstić information content (AvgIpc) is 2.13. The van der Waals surface area contributed by atoms with Crippen molar-refractivity contribution in [1.29, 1.82) is 0 Å². The molecule has 1 amide bonds. The van der Waals surface area contributed by atoms with Gasteiger partial charge in [-0.25, -0.2) is 9.59 Å². The molecule has 2 atom stereocenters. The Balaban J connectivity index is 2.82. The molecule has 1 N–H and O–H groups in total. The fourth-order valence-corrected chi connectivity index (χ4v) is 1.63. The zero-order chi connectivity index (χ0) is 13.2. The molecule has 0 aromatic carbocycles. The third kappa shape index (κ3) is 3.59. The Bertz CT molecular complexity index is 309. The third-order valence-corrected chi connectivity index (χ3v) is 2.33. The number of amides is 1. The highest BCUT2D eigenvalue weighted by atomic mass is 16.6. The van der Waals surface area contributed by atoms with Crippen LogP contribution in [0.3, 0.4) is 0 Å². The topological polar surface area (TPSA) is 76.1 Å². The van der Waals surface area contributed by atoms with E-state index in [2.05, 4.69) is 0 Å². The van der Waals surface area contributed by atoms with E-state index < -0.39 is 23.7 Å². The van der Waals surface area contributed by atoms with Gasteiger partial charge in [0.25, 0.3) is 0 Å². The van der Waals surface area contributed by atoms with Crippen LogP contribution in [-0.2, 0) is 14.3 Å². The molecule has 0 aromatic rings. The molecule has 0 aliphatic carbocycles. The fraction of sp³-hybridized carbons (Fsp3) is 0.818. The Kier molecular flexibility index (Phi) is 3.98. The van der Waals surface area contributed by atoms with Crippen LogP contribution in [-0.4, -0.2) is 53.0 Å². The first-order chi connectivity index (χ1) is 7.72. The van der Waals surface area contributed by atoms with Gasteiger partial charge in [-0.2, -0.15) is 0 Å². The molecule has 1 saturated heterocycles. The molecule has 1 fully saturated rings. The quantitative estimate of drug-likeness (QED) is 0.748. The summed E-state index contributed by atoms with van der Waals surface area (Å²) in [6.07, 6.45) is -0.610. The first-order valence-corrected chi connectivity index (χ1v) is 5.54. The molecule has 0 aromatic heterocycles. The van der Waals surface area contributed by atoms with Gasteiger partial charge in [0.2, 0.25) is 0 Å². The third-order valence-electron chi connectivity index (χ3n) is 2.33. The second kappa shape index (κ2) is 4.91. The monoisotopic (exact) mass is 245 g/mol. The van der Waals surface area contributed by atoms with Crippen LogP contribution in [0.4, 0.5) is 4.79 Å². The van der Waals surface area contributed by atoms with Crippen molar-refractivity contribution < 1.29 is 24.2 Å². The lowest BCUT2D eigenvalue weighted by Gasteiger charge is -2.38. The van der Waals surface area contributed by atoms with E-state index in [1.54, 1.807) is 27.7 Å². The van der Waals surface area contributed by atoms with Gasteiger partial charge in [-0.1, -0.05) is 0 Å². The molecule has 0 radical (unpaired) electrons. The normalized spacial score (nSPS) is 25.5. The number of rotatable bonds is 1. The number of morpholine rings is 1. The molecule has 1 rings (SSSR count). The molecule has 0 unspecified atom stereocenters. The van der Waals surface area contributed by atoms with Crippen LogP contribution >= 0.6 is 0 Å². The zero-order valence-electron chi connectivity index (χ0n) is 10.6. The molecule has 0 spiro atoms. The molecule has 6 nitrogen and oxygen atoms in total. The van der Waals surface area contributed by atoms with Crippen LogP contribution in [0.15, 0.2) is 0 Å². The van der Waals surface area contributed by atoms with Gasteiger partial charge in [0, 0.05) is 0 Å². The van der Waals surface area contributed by atoms with Crippen molar-refractivity contribution in [1.82, 2.24) is 4.90 Å². The van der Waals surface area contributed by atoms with Crippen molar-refractivity contribution in [2.45, 2.75) is 45.4 Å². The van der Waals surface area contributed by atoms with Crippen molar-refractivity contribution >= 4 is 12.1 Å². The summed E-state index contributed by atoms with van der Waals surface area (Å²) in [7, 11) is 0. The maximum Gasteiger partial charge on any atom is 0.411 e. The van der Waals surface area contributed by atoms with E-state index in [0.717, 1.165) is 0 Å². The molecule has 0 saturated carbocycles. The summed E-state index contributed by atoms with van der Waals surface area (Å²) in [5.74, 6) is -1.08. The van der Waals surface area contributed by atoms with Crippen LogP contribution in [0.2, 0.25) is 0 Å². The Morgan fingerprint density at radius 2 is 1.94 bits per heavy atom. The predicted molar refractivity (Wildman–Crippen MR) is 59.8 cm³/mol. The van der Waals surface area contributed by atoms with Crippen LogP contribution in [0.25, 0.3) is 0 Å². The Hall–Kier alpha value is -1.30. The van der Waals surface area contributed by atoms with Gasteiger partial charge in [0.15, 0.2) is 6.04 Å². The van der Waals surface area contributed by atoms with Gasteiger partial charge in [0.1, 0.15) is 5.60 Å². The highest BCUT2D eigenvalue weighted by Gasteiger charge is 2.39. The molecule has 0 bridgehead atoms. The Morgan fingerprint density at radius 3 is 2.41 bits per heavy atom. The van der Waals surface area contributed by atoms with E-state index in [1.807, 2.05) is 0 Å². The van der Waals surface area contributed by atoms with E-state index in [9.17, 15) is 9.59 Å². The first-order valence-electron chi connectivity index (χ1n) is 5.54. The summed E-state index contributed by atoms with van der Waals surface area (Å²) in [4.78, 5) is 24.2. The van der Waals surface area contributed by atoms with Crippen molar-refractivity contribution in [3.05, 3.63) is 0 Å². The van der Waals surface area contributed by atoms with Crippen molar-refractivity contribution in [3.8, 4) is 0 Å². The number of carboxylic acid groups (broad SMARTS) is 1. The Morgan fingerprint density at radius 1 is 1.35 bits per heavy atom. The summed E-state index contributed by atoms with van der Waals surface area (Å²) in [5, 5.41) is 9.04. The molecule has 1 aliphatic rings. The van der Waals surface area contributed by atoms with E-state index in [1.165, 1.54) is 4.90 Å². The summed E-state index contributed by atoms with van der Waals surface area (Å²) >= 11 is 0. The number of nitrogens with zero attached hydrogens (tertiary/aromatic N) is 1. The summed E-state index contributed by atoms with van der Waals surface area (Å²) in [5.41, 5.74) is -0.641. The van der Waals surface area contributed by atoms with E-state index in [0.29, 0.717) is 6.61 Å². The minimum Gasteiger partial charge on any atom is -0.480 e. The van der Waals surface area contributed by atoms with Gasteiger partial charge >= 0.3 is 12.1 Å². The van der Waals surface area contributed by atoms with Crippen LogP contribution in [0, 0.1) is 0 Å². The fourth-order valence-electron chi connectivity index (χ4n) is 1.63. The second-order valence-electron chi connectivity index (χ2n) is 5.13. The van der Waals surface area contributed by atoms with E-state index in [4.69, 9.17) is 14.6 Å². The molecule has 17 heavy (non-hydrogen) atoms. The van der Waals surface area contributed by atoms with E-state index >= 15 is 0 Å². The van der Waals surface area contributed by atoms with Crippen molar-refractivity contribution in [2.75, 3.05) is 13.2 Å². The summed E-state index contributed by atoms with van der Waals surface area (Å²) in [6, 6.07) is -1.28. The second-order valence-corrected chi connectivity index (χ2v) is 5.13. The maximum absolute atomic E-state index is 11.9. The minimum absolute atomic E-state index is 0.00108. The SMILES string of the molecule is C[C@H]1COC[C@@H](C(=O)O)N1C(=O)OC(C)(C)C. The smallest absolute Gasteiger partial charge is 0.411 e. The van der Waals surface area contributed by atoms with E-state index in [-0.39, 0.29) is 12.6 Å². The van der Waals surface area contributed by atoms with Crippen LogP contribution in [0.1, 0.15) is 27.7 Å². The lowest BCUT2D eigenvalue weighted by Crippen LogP contribution is -2.57. The van der Waals surface area contributed by atoms with Gasteiger partial charge in [-0.3, -0.25) is 4.90 Å². The number of hydrogen-bond donors (Lipinski definition) is 1. The lowest BCUT2D eigenvalue weighted by molar-refractivity contribution is -0.151. The van der Waals surface area contributed by atoms with Gasteiger partial charge in [-0.05, 0) is 27.7 Å². The number of carbonyl (C=O) groups excluding carboxylic acids is 1. The molecule has 1 aliphatic heterocycles. The minimum atomic E-state index is -1.08. The molecule has 1 heterocycles. The molecule has 6 heteroatoms. The number of carboxylic acids is 1. The predicted octanol–water partition coefficient (Wildman–Crippen LogP) is 1.10. The molecular formula is C11H19NO5. The number of carbonyl (C=O) groups is 2. The Labute approximate surface area is 100 Å². The molecular weight excluding hydrogens is 226 g/mol. The molecule has 98 valence electrons. The van der Waals surface area contributed by atoms with Gasteiger partial charge in [-0.15, -0.1) is 0 Å². The van der Waals surface area contributed by atoms with Crippen molar-refractivity contribution in [2.24, 2.45) is 0 Å². The maximum atomic E-state index is 11.9. The van der Waals surface area contributed by atoms with Crippen LogP contribution < -0.4 is 0 Å². The van der Waals surface area contributed by atoms with Gasteiger partial charge in [0.05, 0.1) is 19.3 Å². The zero-order valence-corrected chi connectivity index (χ0v) is 10.6. The standard InChI is InChI=1S/C11H19NO5/c1-7-5-16-6-8(9(13)14)12(7)10(15)17-11(2,3)4/h7-8H,5-6H2,1-4H3,(H,13,14)/t7-,8-/m0/s1. The average molecular weight is 245 g/mol. The number of ether oxygens (including phenoxy) is 2. The van der Waals surface area contributed by atoms with Crippen LogP contribution in [0.5, 0.6) is 0 Å². The van der Waals surface area contributed by atoms with Crippen molar-refractivity contribution in [3.63, 3.8) is 0 Å². The first kappa shape index (κ1) is 13.8. The summed E-state index contributed by atoms with van der Waals surface area (Å²) in [6.45, 7) is 7.28. The highest BCUT2D eigenvalue weighted by Crippen LogP contribution is 2.18.